The number of carbonyl (C=O) groups excluding carboxylic acids is 1. The van der Waals surface area contributed by atoms with Crippen molar-refractivity contribution >= 4 is 29.2 Å². The van der Waals surface area contributed by atoms with Gasteiger partial charge in [0.05, 0.1) is 15.9 Å². The standard InChI is InChI=1S/C13H13ClN2O5/c14-10-8(3-1-4-9(10)16(20)21)11(17)15-7-13(12(18)19)5-2-6-13/h1,3-4H,2,5-7H2,(H,15,17)(H,18,19). The average Bonchev–Trinajstić information content (AvgIpc) is 2.36. The number of nitro benzene ring substituents is 1. The number of nitro groups is 1. The zero-order chi connectivity index (χ0) is 15.6. The van der Waals surface area contributed by atoms with E-state index in [9.17, 15) is 24.8 Å². The third kappa shape index (κ3) is 2.82. The first-order valence-corrected chi connectivity index (χ1v) is 6.70. The molecule has 0 spiro atoms. The molecule has 0 atom stereocenters. The second-order valence-corrected chi connectivity index (χ2v) is 5.40. The Morgan fingerprint density at radius 3 is 2.57 bits per heavy atom. The molecule has 7 nitrogen and oxygen atoms in total. The number of hydrogen-bond donors (Lipinski definition) is 2. The number of benzene rings is 1. The first kappa shape index (κ1) is 15.2. The fourth-order valence-corrected chi connectivity index (χ4v) is 2.53. The van der Waals surface area contributed by atoms with Crippen LogP contribution in [0.4, 0.5) is 5.69 Å². The SMILES string of the molecule is O=C(NCC1(C(=O)O)CCC1)c1cccc([N+](=O)[O-])c1Cl. The van der Waals surface area contributed by atoms with Gasteiger partial charge in [0.2, 0.25) is 0 Å². The molecule has 112 valence electrons. The Hall–Kier alpha value is -2.15. The third-order valence-electron chi connectivity index (χ3n) is 3.77. The van der Waals surface area contributed by atoms with E-state index in [4.69, 9.17) is 11.6 Å². The number of carbonyl (C=O) groups is 2. The van der Waals surface area contributed by atoms with Gasteiger partial charge in [-0.15, -0.1) is 0 Å². The maximum atomic E-state index is 12.0. The van der Waals surface area contributed by atoms with Crippen molar-refractivity contribution < 1.29 is 19.6 Å². The van der Waals surface area contributed by atoms with E-state index in [1.165, 1.54) is 18.2 Å². The van der Waals surface area contributed by atoms with Crippen LogP contribution in [0.15, 0.2) is 18.2 Å². The lowest BCUT2D eigenvalue weighted by atomic mass is 9.69. The number of aliphatic carboxylic acids is 1. The summed E-state index contributed by atoms with van der Waals surface area (Å²) in [6, 6.07) is 3.91. The van der Waals surface area contributed by atoms with Gasteiger partial charge >= 0.3 is 5.97 Å². The summed E-state index contributed by atoms with van der Waals surface area (Å²) in [5, 5.41) is 22.2. The minimum atomic E-state index is -0.945. The van der Waals surface area contributed by atoms with Gasteiger partial charge in [0.25, 0.3) is 11.6 Å². The molecule has 21 heavy (non-hydrogen) atoms. The van der Waals surface area contributed by atoms with Gasteiger partial charge in [-0.2, -0.15) is 0 Å². The van der Waals surface area contributed by atoms with E-state index in [2.05, 4.69) is 5.32 Å². The first-order valence-electron chi connectivity index (χ1n) is 6.32. The number of rotatable bonds is 5. The maximum absolute atomic E-state index is 12.0. The van der Waals surface area contributed by atoms with E-state index >= 15 is 0 Å². The molecule has 0 bridgehead atoms. The highest BCUT2D eigenvalue weighted by Gasteiger charge is 2.44. The number of amides is 1. The van der Waals surface area contributed by atoms with Crippen LogP contribution in [-0.4, -0.2) is 28.5 Å². The molecule has 0 radical (unpaired) electrons. The molecular formula is C13H13ClN2O5. The summed E-state index contributed by atoms with van der Waals surface area (Å²) >= 11 is 5.84. The molecule has 1 aliphatic rings. The number of carboxylic acid groups (broad SMARTS) is 1. The van der Waals surface area contributed by atoms with E-state index in [1.54, 1.807) is 0 Å². The molecule has 1 aromatic rings. The van der Waals surface area contributed by atoms with Crippen molar-refractivity contribution in [2.45, 2.75) is 19.3 Å². The molecule has 1 aromatic carbocycles. The number of carboxylic acids is 1. The number of nitrogens with zero attached hydrogens (tertiary/aromatic N) is 1. The second-order valence-electron chi connectivity index (χ2n) is 5.02. The second kappa shape index (κ2) is 5.69. The predicted octanol–water partition coefficient (Wildman–Crippen LogP) is 2.23. The topological polar surface area (TPSA) is 110 Å². The highest BCUT2D eigenvalue weighted by Crippen LogP contribution is 2.40. The van der Waals surface area contributed by atoms with Crippen molar-refractivity contribution in [3.8, 4) is 0 Å². The highest BCUT2D eigenvalue weighted by molar-refractivity contribution is 6.35. The summed E-state index contributed by atoms with van der Waals surface area (Å²) in [7, 11) is 0. The lowest BCUT2D eigenvalue weighted by Gasteiger charge is -2.37. The minimum absolute atomic E-state index is 0.0137. The average molecular weight is 313 g/mol. The van der Waals surface area contributed by atoms with E-state index in [0.717, 1.165) is 6.42 Å². The maximum Gasteiger partial charge on any atom is 0.311 e. The van der Waals surface area contributed by atoms with Crippen LogP contribution in [0.1, 0.15) is 29.6 Å². The van der Waals surface area contributed by atoms with Gasteiger partial charge in [-0.3, -0.25) is 19.7 Å². The molecular weight excluding hydrogens is 300 g/mol. The normalized spacial score (nSPS) is 15.9. The largest absolute Gasteiger partial charge is 0.481 e. The molecule has 0 unspecified atom stereocenters. The van der Waals surface area contributed by atoms with Crippen LogP contribution in [0.25, 0.3) is 0 Å². The molecule has 1 amide bonds. The zero-order valence-electron chi connectivity index (χ0n) is 11.0. The summed E-state index contributed by atoms with van der Waals surface area (Å²) < 4.78 is 0. The Morgan fingerprint density at radius 2 is 2.10 bits per heavy atom. The summed E-state index contributed by atoms with van der Waals surface area (Å²) in [5.41, 5.74) is -1.32. The van der Waals surface area contributed by atoms with Gasteiger partial charge in [-0.05, 0) is 18.9 Å². The van der Waals surface area contributed by atoms with Crippen molar-refractivity contribution in [2.24, 2.45) is 5.41 Å². The Bertz CT molecular complexity index is 613. The molecule has 1 saturated carbocycles. The van der Waals surface area contributed by atoms with Crippen molar-refractivity contribution in [3.63, 3.8) is 0 Å². The summed E-state index contributed by atoms with van der Waals surface area (Å²) in [6.45, 7) is -0.0137. The molecule has 1 aliphatic carbocycles. The van der Waals surface area contributed by atoms with Crippen LogP contribution >= 0.6 is 11.6 Å². The zero-order valence-corrected chi connectivity index (χ0v) is 11.7. The van der Waals surface area contributed by atoms with Crippen LogP contribution < -0.4 is 5.32 Å². The molecule has 0 aliphatic heterocycles. The lowest BCUT2D eigenvalue weighted by Crippen LogP contribution is -2.47. The Labute approximate surface area is 125 Å². The third-order valence-corrected chi connectivity index (χ3v) is 4.17. The molecule has 2 rings (SSSR count). The van der Waals surface area contributed by atoms with Crippen LogP contribution in [-0.2, 0) is 4.79 Å². The summed E-state index contributed by atoms with van der Waals surface area (Å²) in [5.74, 6) is -1.56. The van der Waals surface area contributed by atoms with Gasteiger partial charge in [0.15, 0.2) is 0 Å². The fraction of sp³-hybridized carbons (Fsp3) is 0.385. The van der Waals surface area contributed by atoms with Crippen molar-refractivity contribution in [1.82, 2.24) is 5.32 Å². The Balaban J connectivity index is 2.13. The van der Waals surface area contributed by atoms with Gasteiger partial charge in [0, 0.05) is 12.6 Å². The van der Waals surface area contributed by atoms with Crippen molar-refractivity contribution in [2.75, 3.05) is 6.54 Å². The highest BCUT2D eigenvalue weighted by atomic mass is 35.5. The number of halogens is 1. The Morgan fingerprint density at radius 1 is 1.43 bits per heavy atom. The molecule has 0 saturated heterocycles. The van der Waals surface area contributed by atoms with E-state index in [1.807, 2.05) is 0 Å². The molecule has 0 aromatic heterocycles. The van der Waals surface area contributed by atoms with Gasteiger partial charge in [0.1, 0.15) is 5.02 Å². The smallest absolute Gasteiger partial charge is 0.311 e. The minimum Gasteiger partial charge on any atom is -0.481 e. The van der Waals surface area contributed by atoms with Crippen LogP contribution in [0, 0.1) is 15.5 Å². The molecule has 8 heteroatoms. The van der Waals surface area contributed by atoms with Crippen molar-refractivity contribution in [1.29, 1.82) is 0 Å². The van der Waals surface area contributed by atoms with E-state index in [-0.39, 0.29) is 22.8 Å². The van der Waals surface area contributed by atoms with Crippen molar-refractivity contribution in [3.05, 3.63) is 38.9 Å². The van der Waals surface area contributed by atoms with Gasteiger partial charge in [-0.25, -0.2) is 0 Å². The molecule has 2 N–H and O–H groups in total. The first-order chi connectivity index (χ1) is 9.87. The number of nitrogens with one attached hydrogen (secondary N) is 1. The molecule has 0 heterocycles. The van der Waals surface area contributed by atoms with Gasteiger partial charge < -0.3 is 10.4 Å². The number of hydrogen-bond acceptors (Lipinski definition) is 4. The van der Waals surface area contributed by atoms with Crippen LogP contribution in [0.2, 0.25) is 5.02 Å². The van der Waals surface area contributed by atoms with Gasteiger partial charge in [-0.1, -0.05) is 24.1 Å². The lowest BCUT2D eigenvalue weighted by molar-refractivity contribution is -0.384. The van der Waals surface area contributed by atoms with E-state index in [0.29, 0.717) is 12.8 Å². The monoisotopic (exact) mass is 312 g/mol. The Kier molecular flexibility index (Phi) is 4.13. The van der Waals surface area contributed by atoms with Crippen LogP contribution in [0.5, 0.6) is 0 Å². The quantitative estimate of drug-likeness (QED) is 0.640. The van der Waals surface area contributed by atoms with E-state index < -0.39 is 22.2 Å². The van der Waals surface area contributed by atoms with Crippen LogP contribution in [0.3, 0.4) is 0 Å². The molecule has 1 fully saturated rings. The summed E-state index contributed by atoms with van der Waals surface area (Å²) in [6.07, 6.45) is 1.82. The summed E-state index contributed by atoms with van der Waals surface area (Å²) in [4.78, 5) is 33.3. The predicted molar refractivity (Wildman–Crippen MR) is 74.4 cm³/mol. The fourth-order valence-electron chi connectivity index (χ4n) is 2.25.